The van der Waals surface area contributed by atoms with Crippen LogP contribution in [0.2, 0.25) is 0 Å². The lowest BCUT2D eigenvalue weighted by Gasteiger charge is -2.13. The van der Waals surface area contributed by atoms with Crippen LogP contribution in [0.15, 0.2) is 127 Å². The number of para-hydroxylation sites is 2. The highest BCUT2D eigenvalue weighted by atomic mass is 14.7. The normalized spacial score (nSPS) is 11.2. The summed E-state index contributed by atoms with van der Waals surface area (Å²) in [6.45, 7) is 10.7. The number of rotatable bonds is 2. The van der Waals surface area contributed by atoms with Gasteiger partial charge in [0.1, 0.15) is 0 Å². The second-order valence-corrected chi connectivity index (χ2v) is 12.2. The van der Waals surface area contributed by atoms with Crippen LogP contribution in [0, 0.1) is 34.6 Å². The molecule has 45 heavy (non-hydrogen) atoms. The molecular formula is C43H36N2. The minimum absolute atomic E-state index is 1.05. The molecule has 2 heteroatoms. The molecule has 0 fully saturated rings. The van der Waals surface area contributed by atoms with E-state index < -0.39 is 0 Å². The molecule has 2 nitrogen and oxygen atoms in total. The summed E-state index contributed by atoms with van der Waals surface area (Å²) in [5.74, 6) is 0. The van der Waals surface area contributed by atoms with E-state index in [2.05, 4.69) is 150 Å². The summed E-state index contributed by atoms with van der Waals surface area (Å²) in [5, 5.41) is 4.88. The first kappa shape index (κ1) is 28.4. The van der Waals surface area contributed by atoms with Crippen LogP contribution in [0.1, 0.15) is 27.8 Å². The Morgan fingerprint density at radius 3 is 1.31 bits per heavy atom. The van der Waals surface area contributed by atoms with Crippen molar-refractivity contribution in [2.45, 2.75) is 34.6 Å². The first-order chi connectivity index (χ1) is 21.9. The lowest BCUT2D eigenvalue weighted by Crippen LogP contribution is -1.91. The number of aryl methyl sites for hydroxylation is 5. The maximum atomic E-state index is 4.86. The molecule has 8 rings (SSSR count). The van der Waals surface area contributed by atoms with Gasteiger partial charge >= 0.3 is 0 Å². The fraction of sp³-hybridized carbons (Fsp3) is 0.116. The van der Waals surface area contributed by atoms with E-state index in [9.17, 15) is 0 Å². The van der Waals surface area contributed by atoms with Gasteiger partial charge in [0.25, 0.3) is 0 Å². The summed E-state index contributed by atoms with van der Waals surface area (Å²) >= 11 is 0. The summed E-state index contributed by atoms with van der Waals surface area (Å²) in [6.07, 6.45) is 0. The Kier molecular flexibility index (Phi) is 7.35. The van der Waals surface area contributed by atoms with Crippen LogP contribution < -0.4 is 0 Å². The monoisotopic (exact) mass is 580 g/mol. The third-order valence-corrected chi connectivity index (χ3v) is 8.81. The van der Waals surface area contributed by atoms with Gasteiger partial charge in [0.15, 0.2) is 0 Å². The zero-order valence-corrected chi connectivity index (χ0v) is 26.5. The largest absolute Gasteiger partial charge is 0.248 e. The Hall–Kier alpha value is -5.34. The van der Waals surface area contributed by atoms with Crippen LogP contribution in [0.3, 0.4) is 0 Å². The molecule has 0 saturated heterocycles. The van der Waals surface area contributed by atoms with E-state index in [0.717, 1.165) is 22.1 Å². The Morgan fingerprint density at radius 1 is 0.333 bits per heavy atom. The molecule has 6 aromatic carbocycles. The zero-order chi connectivity index (χ0) is 31.1. The average molecular weight is 581 g/mol. The molecule has 2 aromatic heterocycles. The van der Waals surface area contributed by atoms with E-state index >= 15 is 0 Å². The number of hydrogen-bond acceptors (Lipinski definition) is 2. The highest BCUT2D eigenvalue weighted by molar-refractivity contribution is 6.10. The molecule has 8 aromatic rings. The van der Waals surface area contributed by atoms with Crippen LogP contribution in [-0.4, -0.2) is 9.97 Å². The van der Waals surface area contributed by atoms with E-state index in [1.807, 2.05) is 12.1 Å². The van der Waals surface area contributed by atoms with Crippen molar-refractivity contribution in [2.75, 3.05) is 0 Å². The zero-order valence-electron chi connectivity index (χ0n) is 26.5. The lowest BCUT2D eigenvalue weighted by atomic mass is 9.94. The predicted octanol–water partition coefficient (Wildman–Crippen LogP) is 11.7. The fourth-order valence-electron chi connectivity index (χ4n) is 6.25. The van der Waals surface area contributed by atoms with Crippen molar-refractivity contribution >= 4 is 43.6 Å². The quantitative estimate of drug-likeness (QED) is 0.190. The van der Waals surface area contributed by atoms with Gasteiger partial charge in [0.2, 0.25) is 0 Å². The molecule has 0 spiro atoms. The molecule has 0 amide bonds. The van der Waals surface area contributed by atoms with E-state index in [-0.39, 0.29) is 0 Å². The average Bonchev–Trinajstić information content (AvgIpc) is 3.05. The van der Waals surface area contributed by atoms with Crippen molar-refractivity contribution in [3.63, 3.8) is 0 Å². The predicted molar refractivity (Wildman–Crippen MR) is 193 cm³/mol. The van der Waals surface area contributed by atoms with E-state index in [0.29, 0.717) is 0 Å². The summed E-state index contributed by atoms with van der Waals surface area (Å²) in [6, 6.07) is 45.3. The SMILES string of the molecule is Cc1ccc(-c2c3cc(C)ccc3nc3ccc(C)cc23)cc1.Cc1ccc(-c2c3ccccc3nc3ccccc23)cc1C. The number of aromatic nitrogens is 2. The number of hydrogen-bond donors (Lipinski definition) is 0. The Morgan fingerprint density at radius 2 is 0.778 bits per heavy atom. The van der Waals surface area contributed by atoms with Gasteiger partial charge in [-0.05, 0) is 93.3 Å². The number of nitrogens with zero attached hydrogens (tertiary/aromatic N) is 2. The summed E-state index contributed by atoms with van der Waals surface area (Å²) in [4.78, 5) is 9.67. The summed E-state index contributed by atoms with van der Waals surface area (Å²) < 4.78 is 0. The Balaban J connectivity index is 0.000000145. The van der Waals surface area contributed by atoms with Gasteiger partial charge in [-0.2, -0.15) is 0 Å². The van der Waals surface area contributed by atoms with Gasteiger partial charge in [-0.3, -0.25) is 0 Å². The summed E-state index contributed by atoms with van der Waals surface area (Å²) in [5.41, 5.74) is 15.8. The number of benzene rings is 6. The molecule has 0 aliphatic heterocycles. The van der Waals surface area contributed by atoms with Crippen LogP contribution >= 0.6 is 0 Å². The maximum absolute atomic E-state index is 4.86. The summed E-state index contributed by atoms with van der Waals surface area (Å²) in [7, 11) is 0. The second-order valence-electron chi connectivity index (χ2n) is 12.2. The first-order valence-corrected chi connectivity index (χ1v) is 15.6. The van der Waals surface area contributed by atoms with Crippen molar-refractivity contribution in [3.05, 3.63) is 155 Å². The van der Waals surface area contributed by atoms with Gasteiger partial charge in [0.05, 0.1) is 22.1 Å². The Labute approximate surface area is 265 Å². The molecule has 0 aliphatic rings. The molecule has 0 saturated carbocycles. The smallest absolute Gasteiger partial charge is 0.0716 e. The molecule has 0 radical (unpaired) electrons. The van der Waals surface area contributed by atoms with Gasteiger partial charge < -0.3 is 0 Å². The van der Waals surface area contributed by atoms with Crippen molar-refractivity contribution < 1.29 is 0 Å². The first-order valence-electron chi connectivity index (χ1n) is 15.6. The topological polar surface area (TPSA) is 25.8 Å². The van der Waals surface area contributed by atoms with E-state index in [1.165, 1.54) is 71.6 Å². The fourth-order valence-corrected chi connectivity index (χ4v) is 6.25. The second kappa shape index (κ2) is 11.6. The van der Waals surface area contributed by atoms with Gasteiger partial charge in [-0.1, -0.05) is 108 Å². The Bertz CT molecular complexity index is 2250. The van der Waals surface area contributed by atoms with Crippen LogP contribution in [0.25, 0.3) is 65.9 Å². The standard InChI is InChI=1S/C22H19N.C21H17N/c1-14-4-8-17(9-5-14)22-18-12-15(2)6-10-20(18)23-21-11-7-16(3)13-19(21)22;1-14-11-12-16(13-15(14)2)21-17-7-3-5-9-19(17)22-20-10-6-4-8-18(20)21/h4-13H,1-3H3;3-13H,1-2H3. The van der Waals surface area contributed by atoms with Crippen LogP contribution in [0.5, 0.6) is 0 Å². The molecule has 0 N–H and O–H groups in total. The van der Waals surface area contributed by atoms with E-state index in [4.69, 9.17) is 9.97 Å². The van der Waals surface area contributed by atoms with Gasteiger partial charge in [-0.25, -0.2) is 9.97 Å². The maximum Gasteiger partial charge on any atom is 0.0716 e. The van der Waals surface area contributed by atoms with Gasteiger partial charge in [0, 0.05) is 32.7 Å². The van der Waals surface area contributed by atoms with E-state index in [1.54, 1.807) is 0 Å². The van der Waals surface area contributed by atoms with Gasteiger partial charge in [-0.15, -0.1) is 0 Å². The molecular weight excluding hydrogens is 544 g/mol. The van der Waals surface area contributed by atoms with Crippen LogP contribution in [0.4, 0.5) is 0 Å². The lowest BCUT2D eigenvalue weighted by molar-refractivity contribution is 1.34. The molecule has 0 aliphatic carbocycles. The highest BCUT2D eigenvalue weighted by Crippen LogP contribution is 2.37. The minimum Gasteiger partial charge on any atom is -0.248 e. The molecule has 0 bridgehead atoms. The number of pyridine rings is 2. The van der Waals surface area contributed by atoms with Crippen LogP contribution in [-0.2, 0) is 0 Å². The van der Waals surface area contributed by atoms with Crippen molar-refractivity contribution in [2.24, 2.45) is 0 Å². The molecule has 2 heterocycles. The number of fused-ring (bicyclic) bond motifs is 4. The van der Waals surface area contributed by atoms with Crippen molar-refractivity contribution in [1.29, 1.82) is 0 Å². The third-order valence-electron chi connectivity index (χ3n) is 8.81. The minimum atomic E-state index is 1.05. The molecule has 0 unspecified atom stereocenters. The third kappa shape index (κ3) is 5.45. The van der Waals surface area contributed by atoms with Crippen molar-refractivity contribution in [1.82, 2.24) is 9.97 Å². The van der Waals surface area contributed by atoms with Crippen molar-refractivity contribution in [3.8, 4) is 22.3 Å². The molecule has 218 valence electrons. The molecule has 0 atom stereocenters. The highest BCUT2D eigenvalue weighted by Gasteiger charge is 2.13.